The van der Waals surface area contributed by atoms with E-state index >= 15 is 0 Å². The standard InChI is InChI=1S/C30H29N2O.C12H10N.Ir/c1-20-8-15-25-24-6-5-7-26(28(24)33-29(25)32-20)27-18-22(16-17-31-27)12-9-21-10-13-23(14-11-21)19-30(2,3)4;1-10-7-8-12(13-9-10)11-5-3-2-4-6-11;/h5-6,8,10-11,13-18H,9,12,19H2,1-4H3;2-5,7-9H,1H3;/q2*-1;/i1D3,9D2,12D2,19D2;;. The van der Waals surface area contributed by atoms with Crippen LogP contribution in [0.1, 0.15) is 61.1 Å². The van der Waals surface area contributed by atoms with Crippen LogP contribution in [0.2, 0.25) is 0 Å². The van der Waals surface area contributed by atoms with Gasteiger partial charge in [0.05, 0.1) is 5.58 Å². The molecule has 4 nitrogen and oxygen atoms in total. The molecule has 0 aliphatic rings. The molecule has 0 N–H and O–H groups in total. The van der Waals surface area contributed by atoms with Crippen LogP contribution in [-0.4, -0.2) is 15.0 Å². The van der Waals surface area contributed by atoms with Crippen molar-refractivity contribution in [1.29, 1.82) is 0 Å². The van der Waals surface area contributed by atoms with Crippen LogP contribution in [0.3, 0.4) is 0 Å². The summed E-state index contributed by atoms with van der Waals surface area (Å²) >= 11 is 0. The van der Waals surface area contributed by atoms with Crippen molar-refractivity contribution in [3.05, 3.63) is 150 Å². The SMILES string of the molecule is Cc1ccc(-c2[c-]cccc2)nc1.[2H]C([2H])([2H])c1ccc2c(n1)oc1c(-c3cc(C([2H])([2H])C([2H])([2H])c4ccc(C([2H])([2H])C(C)(C)C)cc4)ccn3)[c-]ccc12.[Ir]. The van der Waals surface area contributed by atoms with Gasteiger partial charge in [-0.25, -0.2) is 4.98 Å². The zero-order valence-corrected chi connectivity index (χ0v) is 28.9. The van der Waals surface area contributed by atoms with E-state index in [9.17, 15) is 0 Å². The Morgan fingerprint density at radius 3 is 2.32 bits per heavy atom. The number of pyridine rings is 3. The minimum absolute atomic E-state index is 0. The normalized spacial score (nSPS) is 15.2. The van der Waals surface area contributed by atoms with Crippen LogP contribution in [-0.2, 0) is 39.2 Å². The van der Waals surface area contributed by atoms with Crippen LogP contribution >= 0.6 is 0 Å². The second-order valence-corrected chi connectivity index (χ2v) is 11.9. The molecule has 5 heteroatoms. The van der Waals surface area contributed by atoms with Gasteiger partial charge in [0.25, 0.3) is 0 Å². The molecule has 7 aromatic rings. The van der Waals surface area contributed by atoms with Crippen LogP contribution in [0, 0.1) is 31.3 Å². The summed E-state index contributed by atoms with van der Waals surface area (Å²) in [5.74, 6) is 0. The zero-order chi connectivity index (χ0) is 40.0. The molecular formula is C42H39IrN3O-2. The van der Waals surface area contributed by atoms with Gasteiger partial charge in [0.2, 0.25) is 5.71 Å². The van der Waals surface area contributed by atoms with Crippen LogP contribution < -0.4 is 0 Å². The Labute approximate surface area is 304 Å². The van der Waals surface area contributed by atoms with Crippen LogP contribution in [0.25, 0.3) is 44.6 Å². The fourth-order valence-electron chi connectivity index (χ4n) is 4.85. The van der Waals surface area contributed by atoms with Gasteiger partial charge in [-0.2, -0.15) is 0 Å². The summed E-state index contributed by atoms with van der Waals surface area (Å²) in [6, 6.07) is 33.4. The average Bonchev–Trinajstić information content (AvgIpc) is 3.53. The molecule has 4 aromatic heterocycles. The molecular weight excluding hydrogens is 755 g/mol. The van der Waals surface area contributed by atoms with Crippen LogP contribution in [0.5, 0.6) is 0 Å². The first kappa shape index (κ1) is 23.8. The molecule has 0 spiro atoms. The van der Waals surface area contributed by atoms with Gasteiger partial charge in [0.15, 0.2) is 0 Å². The number of furan rings is 1. The van der Waals surface area contributed by atoms with Gasteiger partial charge in [0, 0.05) is 55.9 Å². The Bertz CT molecular complexity index is 2440. The summed E-state index contributed by atoms with van der Waals surface area (Å²) < 4.78 is 81.2. The van der Waals surface area contributed by atoms with Gasteiger partial charge < -0.3 is 14.4 Å². The van der Waals surface area contributed by atoms with E-state index in [1.54, 1.807) is 39.0 Å². The maximum atomic E-state index is 8.87. The van der Waals surface area contributed by atoms with Crippen molar-refractivity contribution in [3.8, 4) is 22.5 Å². The van der Waals surface area contributed by atoms with Gasteiger partial charge in [-0.15, -0.1) is 54.1 Å². The van der Waals surface area contributed by atoms with E-state index in [1.165, 1.54) is 54.2 Å². The largest absolute Gasteiger partial charge is 0.486 e. The second-order valence-electron chi connectivity index (χ2n) is 11.9. The molecule has 0 atom stereocenters. The molecule has 0 unspecified atom stereocenters. The number of hydrogen-bond donors (Lipinski definition) is 0. The molecule has 3 aromatic carbocycles. The van der Waals surface area contributed by atoms with E-state index in [1.807, 2.05) is 43.5 Å². The number of aromatic nitrogens is 3. The first-order valence-corrected chi connectivity index (χ1v) is 14.9. The fourth-order valence-corrected chi connectivity index (χ4v) is 4.85. The van der Waals surface area contributed by atoms with E-state index in [4.69, 9.17) is 16.8 Å². The number of hydrogen-bond acceptors (Lipinski definition) is 4. The predicted octanol–water partition coefficient (Wildman–Crippen LogP) is 10.4. The van der Waals surface area contributed by atoms with Crippen LogP contribution in [0.4, 0.5) is 0 Å². The minimum atomic E-state index is -2.51. The molecule has 0 aliphatic carbocycles. The number of benzene rings is 3. The topological polar surface area (TPSA) is 51.8 Å². The fraction of sp³-hybridized carbons (Fsp3) is 0.214. The molecule has 0 saturated heterocycles. The van der Waals surface area contributed by atoms with Gasteiger partial charge in [0.1, 0.15) is 0 Å². The third-order valence-corrected chi connectivity index (χ3v) is 6.97. The Kier molecular flexibility index (Phi) is 7.59. The molecule has 47 heavy (non-hydrogen) atoms. The molecule has 4 heterocycles. The Morgan fingerprint density at radius 2 is 1.60 bits per heavy atom. The maximum Gasteiger partial charge on any atom is 0.216 e. The Morgan fingerprint density at radius 1 is 0.787 bits per heavy atom. The molecule has 7 rings (SSSR count). The van der Waals surface area contributed by atoms with Gasteiger partial charge in [-0.3, -0.25) is 0 Å². The molecule has 0 aliphatic heterocycles. The van der Waals surface area contributed by atoms with Crippen molar-refractivity contribution in [3.63, 3.8) is 0 Å². The summed E-state index contributed by atoms with van der Waals surface area (Å²) in [6.45, 7) is 4.99. The van der Waals surface area contributed by atoms with E-state index in [0.29, 0.717) is 33.2 Å². The second kappa shape index (κ2) is 15.0. The minimum Gasteiger partial charge on any atom is -0.486 e. The first-order valence-electron chi connectivity index (χ1n) is 19.4. The first-order chi connectivity index (χ1) is 25.7. The van der Waals surface area contributed by atoms with Crippen LogP contribution in [0.15, 0.2) is 114 Å². The van der Waals surface area contributed by atoms with Gasteiger partial charge in [-0.1, -0.05) is 79.7 Å². The van der Waals surface area contributed by atoms with E-state index in [2.05, 4.69) is 33.2 Å². The summed E-state index contributed by atoms with van der Waals surface area (Å²) in [4.78, 5) is 12.9. The van der Waals surface area contributed by atoms with E-state index < -0.39 is 31.4 Å². The molecule has 239 valence electrons. The van der Waals surface area contributed by atoms with Gasteiger partial charge >= 0.3 is 0 Å². The Hall–Kier alpha value is -4.44. The molecule has 0 amide bonds. The zero-order valence-electron chi connectivity index (χ0n) is 35.5. The van der Waals surface area contributed by atoms with Crippen molar-refractivity contribution >= 4 is 22.1 Å². The van der Waals surface area contributed by atoms with E-state index in [0.717, 1.165) is 11.3 Å². The summed E-state index contributed by atoms with van der Waals surface area (Å²) in [5, 5.41) is 1.26. The number of fused-ring (bicyclic) bond motifs is 3. The maximum absolute atomic E-state index is 8.87. The van der Waals surface area contributed by atoms with Gasteiger partial charge in [-0.05, 0) is 84.6 Å². The monoisotopic (exact) mass is 803 g/mol. The summed E-state index contributed by atoms with van der Waals surface area (Å²) in [7, 11) is 0. The quantitative estimate of drug-likeness (QED) is 0.157. The third-order valence-electron chi connectivity index (χ3n) is 6.97. The summed E-state index contributed by atoms with van der Waals surface area (Å²) in [5.41, 5.74) is 4.08. The van der Waals surface area contributed by atoms with Crippen molar-refractivity contribution in [2.45, 2.75) is 53.7 Å². The van der Waals surface area contributed by atoms with Crippen molar-refractivity contribution in [2.75, 3.05) is 0 Å². The number of nitrogens with zero attached hydrogens (tertiary/aromatic N) is 3. The smallest absolute Gasteiger partial charge is 0.216 e. The van der Waals surface area contributed by atoms with Crippen molar-refractivity contribution in [1.82, 2.24) is 15.0 Å². The van der Waals surface area contributed by atoms with Crippen molar-refractivity contribution in [2.24, 2.45) is 5.41 Å². The molecule has 0 fully saturated rings. The Balaban J connectivity index is 0.000000361. The summed E-state index contributed by atoms with van der Waals surface area (Å²) in [6.07, 6.45) is -3.40. The number of aryl methyl sites for hydroxylation is 4. The van der Waals surface area contributed by atoms with E-state index in [-0.39, 0.29) is 42.6 Å². The molecule has 0 bridgehead atoms. The molecule has 1 radical (unpaired) electrons. The predicted molar refractivity (Wildman–Crippen MR) is 189 cm³/mol. The number of rotatable bonds is 6. The molecule has 0 saturated carbocycles. The average molecular weight is 803 g/mol. The van der Waals surface area contributed by atoms with Crippen molar-refractivity contribution < 1.29 is 36.9 Å². The third kappa shape index (κ3) is 8.68.